The Labute approximate surface area is 523 Å². The van der Waals surface area contributed by atoms with Gasteiger partial charge in [-0.2, -0.15) is 0 Å². The summed E-state index contributed by atoms with van der Waals surface area (Å²) >= 11 is 12.9. The topological polar surface area (TPSA) is 233 Å². The number of ether oxygens (including phenoxy) is 2. The van der Waals surface area contributed by atoms with Crippen LogP contribution in [0.2, 0.25) is 10.0 Å². The summed E-state index contributed by atoms with van der Waals surface area (Å²) in [5.41, 5.74) is 15.7. The van der Waals surface area contributed by atoms with Crippen LogP contribution in [0.1, 0.15) is 132 Å². The number of carbonyl (C=O) groups excluding carboxylic acids is 3. The largest absolute Gasteiger partial charge is 0.481 e. The third kappa shape index (κ3) is 19.2. The quantitative estimate of drug-likeness (QED) is 0.0494. The van der Waals surface area contributed by atoms with E-state index in [0.717, 1.165) is 97.0 Å². The molecule has 20 heteroatoms. The molecule has 432 valence electrons. The maximum Gasteiger partial charge on any atom is 0.412 e. The number of hydrogen-bond acceptors (Lipinski definition) is 13. The molecule has 0 saturated heterocycles. The van der Waals surface area contributed by atoms with Crippen molar-refractivity contribution in [2.75, 3.05) is 27.0 Å². The maximum atomic E-state index is 13.2. The maximum absolute atomic E-state index is 13.2. The van der Waals surface area contributed by atoms with Crippen molar-refractivity contribution in [3.05, 3.63) is 171 Å². The van der Waals surface area contributed by atoms with Crippen molar-refractivity contribution in [3.8, 4) is 0 Å². The first kappa shape index (κ1) is 63.9. The zero-order chi connectivity index (χ0) is 59.8. The van der Waals surface area contributed by atoms with E-state index >= 15 is 0 Å². The normalized spacial score (nSPS) is 17.8. The predicted molar refractivity (Wildman–Crippen MR) is 328 cm³/mol. The second-order valence-electron chi connectivity index (χ2n) is 22.7. The van der Waals surface area contributed by atoms with Gasteiger partial charge in [0, 0.05) is 92.1 Å². The minimum absolute atomic E-state index is 0. The molecule has 2 aromatic heterocycles. The number of ketones is 1. The van der Waals surface area contributed by atoms with E-state index in [1.54, 1.807) is 48.8 Å². The first-order chi connectivity index (χ1) is 39.6. The van der Waals surface area contributed by atoms with Gasteiger partial charge in [-0.1, -0.05) is 109 Å². The fourth-order valence-corrected chi connectivity index (χ4v) is 10.6. The number of amides is 2. The zero-order valence-corrected chi connectivity index (χ0v) is 53.4. The number of nitrogens with two attached hydrogens (primary N) is 1. The van der Waals surface area contributed by atoms with Crippen molar-refractivity contribution in [2.45, 2.75) is 135 Å². The Morgan fingerprint density at radius 2 is 1.06 bits per heavy atom. The number of nitrogens with one attached hydrogen (secondary N) is 4. The van der Waals surface area contributed by atoms with Crippen molar-refractivity contribution in [2.24, 2.45) is 11.8 Å². The Morgan fingerprint density at radius 1 is 0.639 bits per heavy atom. The number of nitrogens with zero attached hydrogens (tertiary/aromatic N) is 4. The summed E-state index contributed by atoms with van der Waals surface area (Å²) in [5, 5.41) is 22.4. The molecule has 2 amide bonds. The van der Waals surface area contributed by atoms with Crippen LogP contribution in [0.5, 0.6) is 0 Å². The molecular formula is C63H72BCl2N9O7U. The van der Waals surface area contributed by atoms with E-state index in [1.807, 2.05) is 77.9 Å². The third-order valence-electron chi connectivity index (χ3n) is 14.0. The number of hydrogen-bond donors (Lipinski definition) is 6. The molecule has 2 radical (unpaired) electrons. The molecule has 83 heavy (non-hydrogen) atoms. The van der Waals surface area contributed by atoms with Gasteiger partial charge in [-0.25, -0.2) is 29.5 Å². The van der Waals surface area contributed by atoms with Crippen molar-refractivity contribution in [1.29, 1.82) is 1.34 Å². The minimum atomic E-state index is -0.720. The smallest absolute Gasteiger partial charge is 0.412 e. The molecule has 4 aliphatic carbocycles. The molecule has 16 nitrogen and oxygen atoms in total. The molecule has 2 saturated carbocycles. The van der Waals surface area contributed by atoms with E-state index in [1.165, 1.54) is 11.1 Å². The summed E-state index contributed by atoms with van der Waals surface area (Å²) < 4.78 is 15.6. The minimum Gasteiger partial charge on any atom is -0.481 e. The van der Waals surface area contributed by atoms with Gasteiger partial charge in [0.15, 0.2) is 0 Å². The molecule has 4 atom stereocenters. The van der Waals surface area contributed by atoms with Crippen LogP contribution < -0.4 is 27.0 Å². The number of nitrogen functional groups attached to an aromatic ring is 1. The van der Waals surface area contributed by atoms with Gasteiger partial charge in [0.05, 0.1) is 39.7 Å². The van der Waals surface area contributed by atoms with Crippen molar-refractivity contribution in [1.82, 2.24) is 19.9 Å². The van der Waals surface area contributed by atoms with Gasteiger partial charge in [0.1, 0.15) is 17.0 Å². The Balaban J connectivity index is 0.000000220. The molecular weight excluding hydrogens is 1310 g/mol. The van der Waals surface area contributed by atoms with E-state index in [2.05, 4.69) is 81.0 Å². The monoisotopic (exact) mass is 1390 g/mol. The molecule has 2 heterocycles. The van der Waals surface area contributed by atoms with Crippen LogP contribution in [0, 0.1) is 42.9 Å². The molecule has 0 aliphatic heterocycles. The zero-order valence-electron chi connectivity index (χ0n) is 48.7. The van der Waals surface area contributed by atoms with Crippen LogP contribution in [-0.4, -0.2) is 82.0 Å². The summed E-state index contributed by atoms with van der Waals surface area (Å²) in [5.74, 6) is 0.229. The second kappa shape index (κ2) is 29.7. The number of aromatic nitrogens is 4. The van der Waals surface area contributed by atoms with E-state index in [4.69, 9.17) is 44.7 Å². The molecule has 4 aromatic carbocycles. The van der Waals surface area contributed by atoms with Crippen molar-refractivity contribution >= 4 is 95.6 Å². The number of Topliss-reactive ketones (excluding diaryl/α,β-unsaturated/α-hetero) is 1. The molecule has 0 spiro atoms. The van der Waals surface area contributed by atoms with Gasteiger partial charge in [-0.15, -0.1) is 0 Å². The Kier molecular flexibility index (Phi) is 22.9. The van der Waals surface area contributed by atoms with E-state index in [-0.39, 0.29) is 60.8 Å². The number of carbonyl (C=O) groups is 4. The molecule has 10 rings (SSSR count). The van der Waals surface area contributed by atoms with Crippen molar-refractivity contribution in [3.63, 3.8) is 0 Å². The van der Waals surface area contributed by atoms with E-state index in [9.17, 15) is 24.3 Å². The molecule has 4 aliphatic rings. The Hall–Kier alpha value is -6.70. The molecule has 0 unspecified atom stereocenters. The van der Waals surface area contributed by atoms with Crippen LogP contribution in [-0.2, 0) is 38.3 Å². The van der Waals surface area contributed by atoms with Gasteiger partial charge in [0.25, 0.3) is 0 Å². The number of rotatable bonds is 12. The summed E-state index contributed by atoms with van der Waals surface area (Å²) in [7, 11) is 3.75. The number of benzene rings is 4. The van der Waals surface area contributed by atoms with Crippen LogP contribution >= 0.6 is 23.2 Å². The van der Waals surface area contributed by atoms with Gasteiger partial charge in [0.2, 0.25) is 11.9 Å². The van der Waals surface area contributed by atoms with Gasteiger partial charge >= 0.3 is 18.2 Å². The number of halogens is 2. The Morgan fingerprint density at radius 3 is 1.51 bits per heavy atom. The fourth-order valence-electron chi connectivity index (χ4n) is 10.3. The summed E-state index contributed by atoms with van der Waals surface area (Å²) in [6.45, 7) is 10.9. The number of carboxylic acids is 1. The average molecular weight is 1390 g/mol. The summed E-state index contributed by atoms with van der Waals surface area (Å²) in [6, 6.07) is 30.9. The van der Waals surface area contributed by atoms with E-state index in [0.29, 0.717) is 51.8 Å². The first-order valence-electron chi connectivity index (χ1n) is 28.1. The van der Waals surface area contributed by atoms with Crippen LogP contribution in [0.4, 0.5) is 38.5 Å². The van der Waals surface area contributed by atoms with Crippen LogP contribution in [0.3, 0.4) is 0 Å². The fraction of sp³-hybridized carbons (Fsp3) is 0.365. The average Bonchev–Trinajstić information content (AvgIpc) is 2.94. The van der Waals surface area contributed by atoms with Gasteiger partial charge in [-0.3, -0.25) is 20.2 Å². The number of allylic oxidation sites excluding steroid dienone is 2. The SMILES string of the molecule is CC(C)(C)OC(=O)Nc1ccc(CC(=O)[C@H]2CCC[C@@H](Nc3ncc(Cl)c(C4=CCc5ccccc54)n3)C2)cc1.CC(C)(C)OC(=O)Nc1ccc(N)cc1.O=C(O)[C@H]1CCC[C@@H](Nc2ncc(Cl)c(C3=CCc4ccccc43)n2)C1.[3H][B].[U]. The first-order valence-corrected chi connectivity index (χ1v) is 28.2. The van der Waals surface area contributed by atoms with Crippen molar-refractivity contribution < 1.29 is 64.9 Å². The van der Waals surface area contributed by atoms with Gasteiger partial charge < -0.3 is 30.9 Å². The van der Waals surface area contributed by atoms with Gasteiger partial charge in [-0.05, 0) is 158 Å². The predicted octanol–water partition coefficient (Wildman–Crippen LogP) is 13.4. The Bertz CT molecular complexity index is 3310. The molecule has 2 fully saturated rings. The second-order valence-corrected chi connectivity index (χ2v) is 23.5. The number of aliphatic carboxylic acids is 1. The summed E-state index contributed by atoms with van der Waals surface area (Å²) in [6.07, 6.45) is 15.4. The molecule has 0 bridgehead atoms. The summed E-state index contributed by atoms with van der Waals surface area (Å²) in [4.78, 5) is 66.0. The standard InChI is InChI=1S/C32H35ClN4O3.C20H20ClN3O2.C11H16N2O2.BH.U/c1-32(2,3)40-31(39)36-23-14-11-20(12-15-23)17-28(38)22-8-6-9-24(18-22)35-30-34-19-27(33)29(37-30)26-16-13-21-7-4-5-10-25(21)26;21-17-11-22-20(23-14-6-3-5-13(10-14)19(25)26)24-18(17)16-9-8-12-4-1-2-7-15(12)16;1-11(2,3)15-10(14)13-9-6-4-8(12)5-7-9;;/h4-5,7,10-12,14-16,19,22,24H,6,8-9,13,17-18H2,1-3H3,(H,36,39)(H,34,35,37);1-2,4,7,9,11,13-14H,3,5-6,8,10H2,(H,25,26)(H,22,23,24);4-7H,12H2,1-3H3,(H,13,14);1H;/t22-,24+;13-,14+;;;/m00.../s1/i;;;1T;. The third-order valence-corrected chi connectivity index (χ3v) is 14.6. The molecule has 6 aromatic rings. The van der Waals surface area contributed by atoms with Crippen LogP contribution in [0.15, 0.2) is 122 Å². The number of fused-ring (bicyclic) bond motifs is 2. The van der Waals surface area contributed by atoms with E-state index < -0.39 is 29.4 Å². The molecule has 7 N–H and O–H groups in total. The van der Waals surface area contributed by atoms with Crippen LogP contribution in [0.25, 0.3) is 11.1 Å². The number of anilines is 5. The number of carboxylic acid groups (broad SMARTS) is 1.